The van der Waals surface area contributed by atoms with E-state index < -0.39 is 4.92 Å². The maximum absolute atomic E-state index is 11.2. The van der Waals surface area contributed by atoms with Gasteiger partial charge in [0.05, 0.1) is 30.2 Å². The van der Waals surface area contributed by atoms with Crippen LogP contribution in [0.4, 0.5) is 17.1 Å². The third kappa shape index (κ3) is 4.08. The Morgan fingerprint density at radius 2 is 1.72 bits per heavy atom. The van der Waals surface area contributed by atoms with E-state index in [2.05, 4.69) is 10.5 Å². The zero-order chi connectivity index (χ0) is 22.8. The number of nitrogens with zero attached hydrogens (tertiary/aromatic N) is 4. The summed E-state index contributed by atoms with van der Waals surface area (Å²) in [7, 11) is 3.02. The zero-order valence-corrected chi connectivity index (χ0v) is 18.5. The van der Waals surface area contributed by atoms with Crippen LogP contribution < -0.4 is 25.1 Å². The normalized spacial score (nSPS) is 12.9. The van der Waals surface area contributed by atoms with Crippen LogP contribution >= 0.6 is 23.2 Å². The highest BCUT2D eigenvalue weighted by molar-refractivity contribution is 6.35. The van der Waals surface area contributed by atoms with Crippen LogP contribution in [0.15, 0.2) is 65.8 Å². The van der Waals surface area contributed by atoms with Gasteiger partial charge in [0.15, 0.2) is 11.6 Å². The second kappa shape index (κ2) is 8.81. The molecular formula is C21H17Cl2N5O4. The topological polar surface area (TPSA) is 92.5 Å². The van der Waals surface area contributed by atoms with E-state index in [1.807, 2.05) is 24.3 Å². The average Bonchev–Trinajstić information content (AvgIpc) is 3.25. The molecule has 3 aromatic carbocycles. The predicted octanol–water partition coefficient (Wildman–Crippen LogP) is 5.03. The SMILES string of the molecule is COc1ccc(C2=NN(c3cc(Cl)ccc3Cl)N(c3ccc([N+](=O)[O-])cc3OC)N2)cc1. The highest BCUT2D eigenvalue weighted by atomic mass is 35.5. The number of amidine groups is 1. The Hall–Kier alpha value is -3.69. The van der Waals surface area contributed by atoms with Crippen molar-refractivity contribution in [1.29, 1.82) is 0 Å². The molecule has 1 aliphatic heterocycles. The number of halogens is 2. The summed E-state index contributed by atoms with van der Waals surface area (Å²) < 4.78 is 10.6. The smallest absolute Gasteiger partial charge is 0.273 e. The van der Waals surface area contributed by atoms with Crippen LogP contribution in [0.1, 0.15) is 5.56 Å². The number of non-ortho nitro benzene ring substituents is 1. The number of rotatable bonds is 6. The maximum Gasteiger partial charge on any atom is 0.273 e. The third-order valence-corrected chi connectivity index (χ3v) is 5.24. The number of ether oxygens (including phenoxy) is 2. The monoisotopic (exact) mass is 473 g/mol. The number of hydrazone groups is 1. The summed E-state index contributed by atoms with van der Waals surface area (Å²) in [6.45, 7) is 0. The largest absolute Gasteiger partial charge is 0.497 e. The van der Waals surface area contributed by atoms with Crippen LogP contribution in [-0.4, -0.2) is 25.0 Å². The lowest BCUT2D eigenvalue weighted by Gasteiger charge is -2.29. The van der Waals surface area contributed by atoms with Gasteiger partial charge in [0, 0.05) is 16.7 Å². The van der Waals surface area contributed by atoms with Crippen LogP contribution in [-0.2, 0) is 0 Å². The van der Waals surface area contributed by atoms with Crippen LogP contribution in [0.25, 0.3) is 0 Å². The molecule has 32 heavy (non-hydrogen) atoms. The van der Waals surface area contributed by atoms with E-state index in [0.717, 1.165) is 5.56 Å². The number of benzene rings is 3. The molecular weight excluding hydrogens is 457 g/mol. The Morgan fingerprint density at radius 3 is 2.38 bits per heavy atom. The van der Waals surface area contributed by atoms with Crippen LogP contribution in [0, 0.1) is 10.1 Å². The van der Waals surface area contributed by atoms with Crippen molar-refractivity contribution in [2.24, 2.45) is 5.10 Å². The quantitative estimate of drug-likeness (QED) is 0.396. The number of nitro benzene ring substituents is 1. The Bertz CT molecular complexity index is 1200. The fourth-order valence-electron chi connectivity index (χ4n) is 3.10. The first-order valence-electron chi connectivity index (χ1n) is 9.28. The molecule has 0 fully saturated rings. The van der Waals surface area contributed by atoms with E-state index in [-0.39, 0.29) is 11.4 Å². The van der Waals surface area contributed by atoms with Crippen molar-refractivity contribution in [2.45, 2.75) is 0 Å². The molecule has 164 valence electrons. The third-order valence-electron chi connectivity index (χ3n) is 4.69. The van der Waals surface area contributed by atoms with Crippen LogP contribution in [0.5, 0.6) is 11.5 Å². The number of hydrazine groups is 2. The number of hydrogen-bond donors (Lipinski definition) is 1. The molecule has 0 spiro atoms. The molecule has 1 aliphatic rings. The van der Waals surface area contributed by atoms with Crippen molar-refractivity contribution < 1.29 is 14.4 Å². The van der Waals surface area contributed by atoms with Crippen molar-refractivity contribution in [3.63, 3.8) is 0 Å². The standard InChI is InChI=1S/C21H17Cl2N5O4/c1-31-16-7-3-13(4-8-16)21-24-26(18-10-6-15(28(29)30)12-20(18)32-2)27(25-21)19-11-14(22)5-9-17(19)23/h3-12H,1-2H3,(H,24,25). The fourth-order valence-corrected chi connectivity index (χ4v) is 3.46. The van der Waals surface area contributed by atoms with Gasteiger partial charge in [0.25, 0.3) is 5.69 Å². The van der Waals surface area contributed by atoms with E-state index in [4.69, 9.17) is 32.7 Å². The molecule has 0 unspecified atom stereocenters. The summed E-state index contributed by atoms with van der Waals surface area (Å²) in [5.74, 6) is 1.47. The van der Waals surface area contributed by atoms with Gasteiger partial charge < -0.3 is 9.47 Å². The van der Waals surface area contributed by atoms with Gasteiger partial charge in [-0.3, -0.25) is 15.5 Å². The second-order valence-electron chi connectivity index (χ2n) is 6.60. The lowest BCUT2D eigenvalue weighted by molar-refractivity contribution is -0.384. The highest BCUT2D eigenvalue weighted by Crippen LogP contribution is 2.38. The minimum absolute atomic E-state index is 0.103. The van der Waals surface area contributed by atoms with Gasteiger partial charge >= 0.3 is 0 Å². The fraction of sp³-hybridized carbons (Fsp3) is 0.0952. The number of nitro groups is 1. The molecule has 0 aromatic heterocycles. The maximum atomic E-state index is 11.2. The summed E-state index contributed by atoms with van der Waals surface area (Å²) in [4.78, 5) is 10.7. The van der Waals surface area contributed by atoms with Crippen molar-refractivity contribution >= 4 is 46.1 Å². The molecule has 0 saturated carbocycles. The zero-order valence-electron chi connectivity index (χ0n) is 17.0. The number of nitrogens with one attached hydrogen (secondary N) is 1. The highest BCUT2D eigenvalue weighted by Gasteiger charge is 2.31. The lowest BCUT2D eigenvalue weighted by atomic mass is 10.2. The van der Waals surface area contributed by atoms with E-state index in [1.54, 1.807) is 36.5 Å². The summed E-state index contributed by atoms with van der Waals surface area (Å²) in [5, 5.41) is 19.8. The Balaban J connectivity index is 1.82. The van der Waals surface area contributed by atoms with Gasteiger partial charge in [-0.15, -0.1) is 10.2 Å². The van der Waals surface area contributed by atoms with E-state index >= 15 is 0 Å². The molecule has 1 N–H and O–H groups in total. The Labute approximate surface area is 193 Å². The van der Waals surface area contributed by atoms with E-state index in [9.17, 15) is 10.1 Å². The van der Waals surface area contributed by atoms with E-state index in [1.165, 1.54) is 24.4 Å². The molecule has 0 aliphatic carbocycles. The van der Waals surface area contributed by atoms with Crippen molar-refractivity contribution in [1.82, 2.24) is 5.43 Å². The Kier molecular flexibility index (Phi) is 5.93. The number of anilines is 2. The predicted molar refractivity (Wildman–Crippen MR) is 124 cm³/mol. The summed E-state index contributed by atoms with van der Waals surface area (Å²) in [5.41, 5.74) is 4.84. The molecule has 0 bridgehead atoms. The minimum atomic E-state index is -0.491. The summed E-state index contributed by atoms with van der Waals surface area (Å²) in [6, 6.07) is 16.6. The van der Waals surface area contributed by atoms with Crippen LogP contribution in [0.3, 0.4) is 0 Å². The molecule has 0 atom stereocenters. The molecule has 9 nitrogen and oxygen atoms in total. The first-order chi connectivity index (χ1) is 15.4. The van der Waals surface area contributed by atoms with Gasteiger partial charge in [0.2, 0.25) is 0 Å². The lowest BCUT2D eigenvalue weighted by Crippen LogP contribution is -2.45. The molecule has 1 heterocycles. The summed E-state index contributed by atoms with van der Waals surface area (Å²) >= 11 is 12.6. The van der Waals surface area contributed by atoms with Crippen LogP contribution in [0.2, 0.25) is 10.0 Å². The first-order valence-corrected chi connectivity index (χ1v) is 10.0. The van der Waals surface area contributed by atoms with Crippen molar-refractivity contribution in [2.75, 3.05) is 24.5 Å². The molecule has 0 amide bonds. The second-order valence-corrected chi connectivity index (χ2v) is 7.44. The first kappa shape index (κ1) is 21.5. The molecule has 0 radical (unpaired) electrons. The molecule has 0 saturated heterocycles. The molecule has 3 aromatic rings. The van der Waals surface area contributed by atoms with E-state index in [0.29, 0.717) is 33.0 Å². The van der Waals surface area contributed by atoms with Crippen molar-refractivity contribution in [3.8, 4) is 11.5 Å². The van der Waals surface area contributed by atoms with Gasteiger partial charge in [-0.1, -0.05) is 23.2 Å². The number of hydrogen-bond acceptors (Lipinski definition) is 8. The molecule has 11 heteroatoms. The van der Waals surface area contributed by atoms with Crippen molar-refractivity contribution in [3.05, 3.63) is 86.4 Å². The summed E-state index contributed by atoms with van der Waals surface area (Å²) in [6.07, 6.45) is 0. The van der Waals surface area contributed by atoms with Gasteiger partial charge in [-0.25, -0.2) is 0 Å². The average molecular weight is 474 g/mol. The molecule has 4 rings (SSSR count). The number of methoxy groups -OCH3 is 2. The minimum Gasteiger partial charge on any atom is -0.497 e. The Morgan fingerprint density at radius 1 is 0.969 bits per heavy atom. The van der Waals surface area contributed by atoms with Gasteiger partial charge in [0.1, 0.15) is 17.1 Å². The van der Waals surface area contributed by atoms with Gasteiger partial charge in [-0.05, 0) is 48.5 Å². The van der Waals surface area contributed by atoms with Gasteiger partial charge in [-0.2, -0.15) is 5.12 Å².